The van der Waals surface area contributed by atoms with E-state index in [4.69, 9.17) is 9.47 Å². The molecule has 2 aromatic carbocycles. The summed E-state index contributed by atoms with van der Waals surface area (Å²) in [5.74, 6) is -1.08. The number of imidazole rings is 1. The first-order valence-corrected chi connectivity index (χ1v) is 16.0. The summed E-state index contributed by atoms with van der Waals surface area (Å²) < 4.78 is 12.8. The maximum atomic E-state index is 13.8. The molecule has 4 amide bonds. The molecule has 13 nitrogen and oxygen atoms in total. The summed E-state index contributed by atoms with van der Waals surface area (Å²) in [6.07, 6.45) is 2.34. The highest BCUT2D eigenvalue weighted by Crippen LogP contribution is 2.23. The van der Waals surface area contributed by atoms with E-state index >= 15 is 0 Å². The normalized spacial score (nSPS) is 15.2. The van der Waals surface area contributed by atoms with E-state index in [2.05, 4.69) is 25.8 Å². The summed E-state index contributed by atoms with van der Waals surface area (Å²) in [4.78, 5) is 61.7. The van der Waals surface area contributed by atoms with Crippen molar-refractivity contribution < 1.29 is 28.7 Å². The van der Waals surface area contributed by atoms with Crippen LogP contribution in [0.2, 0.25) is 0 Å². The number of carbonyl (C=O) groups excluding carboxylic acids is 4. The lowest BCUT2D eigenvalue weighted by molar-refractivity contribution is -0.135. The molecule has 1 fully saturated rings. The second kappa shape index (κ2) is 15.9. The molecule has 48 heavy (non-hydrogen) atoms. The minimum absolute atomic E-state index is 0.0660. The average Bonchev–Trinajstić information content (AvgIpc) is 3.48. The number of hydrogen-bond acceptors (Lipinski definition) is 8. The zero-order valence-electron chi connectivity index (χ0n) is 28.6. The zero-order chi connectivity index (χ0) is 34.9. The minimum atomic E-state index is -1.42. The zero-order valence-corrected chi connectivity index (χ0v) is 28.6. The number of rotatable bonds is 12. The highest BCUT2D eigenvalue weighted by Gasteiger charge is 2.35. The van der Waals surface area contributed by atoms with Gasteiger partial charge in [0.2, 0.25) is 11.8 Å². The highest BCUT2D eigenvalue weighted by atomic mass is 16.6. The van der Waals surface area contributed by atoms with E-state index in [9.17, 15) is 19.2 Å². The van der Waals surface area contributed by atoms with Gasteiger partial charge in [0.1, 0.15) is 23.2 Å². The lowest BCUT2D eigenvalue weighted by atomic mass is 10.0. The van der Waals surface area contributed by atoms with Gasteiger partial charge in [-0.05, 0) is 52.8 Å². The predicted octanol–water partition coefficient (Wildman–Crippen LogP) is 3.19. The SMILES string of the molecule is CN1CCN(C(=O)C(c2ccccc2)n2cnc(NC(=O)C(COCc3ccccc3)NC(=O)C(C)(C)NC(=O)OC(C)(C)C)c2)CC1. The molecule has 4 rings (SSSR count). The molecule has 1 aliphatic rings. The van der Waals surface area contributed by atoms with E-state index in [0.29, 0.717) is 13.1 Å². The molecule has 0 saturated carbocycles. The molecule has 1 aliphatic heterocycles. The van der Waals surface area contributed by atoms with Gasteiger partial charge in [0.05, 0.1) is 19.5 Å². The molecule has 3 N–H and O–H groups in total. The van der Waals surface area contributed by atoms with Crippen molar-refractivity contribution in [2.75, 3.05) is 45.2 Å². The van der Waals surface area contributed by atoms with Gasteiger partial charge < -0.3 is 39.8 Å². The third kappa shape index (κ3) is 10.4. The van der Waals surface area contributed by atoms with Crippen LogP contribution in [0.15, 0.2) is 73.2 Å². The monoisotopic (exact) mass is 661 g/mol. The van der Waals surface area contributed by atoms with E-state index < -0.39 is 41.1 Å². The van der Waals surface area contributed by atoms with E-state index in [1.54, 1.807) is 31.5 Å². The summed E-state index contributed by atoms with van der Waals surface area (Å²) in [5, 5.41) is 8.03. The molecule has 2 unspecified atom stereocenters. The number of piperazine rings is 1. The van der Waals surface area contributed by atoms with Crippen LogP contribution >= 0.6 is 0 Å². The van der Waals surface area contributed by atoms with Gasteiger partial charge >= 0.3 is 6.09 Å². The van der Waals surface area contributed by atoms with Crippen LogP contribution in [0.25, 0.3) is 0 Å². The summed E-state index contributed by atoms with van der Waals surface area (Å²) in [7, 11) is 2.03. The van der Waals surface area contributed by atoms with Crippen molar-refractivity contribution in [1.29, 1.82) is 0 Å². The Hall–Kier alpha value is -4.75. The van der Waals surface area contributed by atoms with Crippen LogP contribution in [-0.2, 0) is 30.5 Å². The van der Waals surface area contributed by atoms with Crippen molar-refractivity contribution in [2.45, 2.75) is 64.4 Å². The first kappa shape index (κ1) is 36.1. The standard InChI is InChI=1S/C35H47N7O6/c1-34(2,3)48-33(46)39-35(4,5)32(45)37-27(23-47-22-25-13-9-7-10-14-25)30(43)38-28-21-42(24-36-28)29(26-15-11-8-12-16-26)31(44)41-19-17-40(6)18-20-41/h7-16,21,24,27,29H,17-20,22-23H2,1-6H3,(H,37,45)(H,38,43)(H,39,46). The number of aromatic nitrogens is 2. The molecule has 2 heterocycles. The number of anilines is 1. The first-order chi connectivity index (χ1) is 22.7. The number of nitrogens with one attached hydrogen (secondary N) is 3. The van der Waals surface area contributed by atoms with Crippen LogP contribution in [0, 0.1) is 0 Å². The van der Waals surface area contributed by atoms with Crippen LogP contribution in [0.5, 0.6) is 0 Å². The van der Waals surface area contributed by atoms with Crippen molar-refractivity contribution in [2.24, 2.45) is 0 Å². The number of hydrogen-bond donors (Lipinski definition) is 3. The smallest absolute Gasteiger partial charge is 0.408 e. The second-order valence-electron chi connectivity index (χ2n) is 13.4. The van der Waals surface area contributed by atoms with Gasteiger partial charge in [-0.15, -0.1) is 0 Å². The molecular weight excluding hydrogens is 614 g/mol. The van der Waals surface area contributed by atoms with Gasteiger partial charge in [0, 0.05) is 32.4 Å². The number of likely N-dealkylation sites (N-methyl/N-ethyl adjacent to an activating group) is 1. The second-order valence-corrected chi connectivity index (χ2v) is 13.4. The molecule has 13 heteroatoms. The molecule has 2 atom stereocenters. The van der Waals surface area contributed by atoms with Crippen molar-refractivity contribution in [3.8, 4) is 0 Å². The van der Waals surface area contributed by atoms with Crippen LogP contribution in [0.3, 0.4) is 0 Å². The number of nitrogens with zero attached hydrogens (tertiary/aromatic N) is 4. The van der Waals surface area contributed by atoms with E-state index in [0.717, 1.165) is 24.2 Å². The molecule has 0 radical (unpaired) electrons. The maximum Gasteiger partial charge on any atom is 0.408 e. The highest BCUT2D eigenvalue weighted by molar-refractivity contribution is 5.98. The molecule has 0 bridgehead atoms. The van der Waals surface area contributed by atoms with E-state index in [-0.39, 0.29) is 24.9 Å². The van der Waals surface area contributed by atoms with Crippen LogP contribution < -0.4 is 16.0 Å². The third-order valence-electron chi connectivity index (χ3n) is 7.71. The molecule has 3 aromatic rings. The quantitative estimate of drug-likeness (QED) is 0.268. The van der Waals surface area contributed by atoms with Gasteiger partial charge in [0.25, 0.3) is 5.91 Å². The van der Waals surface area contributed by atoms with Crippen molar-refractivity contribution >= 4 is 29.6 Å². The Morgan fingerprint density at radius 2 is 1.52 bits per heavy atom. The van der Waals surface area contributed by atoms with Crippen LogP contribution in [0.1, 0.15) is 51.8 Å². The van der Waals surface area contributed by atoms with Gasteiger partial charge in [-0.3, -0.25) is 14.4 Å². The van der Waals surface area contributed by atoms with Crippen LogP contribution in [-0.4, -0.2) is 100 Å². The first-order valence-electron chi connectivity index (χ1n) is 16.0. The fourth-order valence-corrected chi connectivity index (χ4v) is 5.04. The maximum absolute atomic E-state index is 13.8. The largest absolute Gasteiger partial charge is 0.444 e. The fraction of sp³-hybridized carbons (Fsp3) is 0.457. The number of carbonyl (C=O) groups is 4. The van der Waals surface area contributed by atoms with Gasteiger partial charge in [0.15, 0.2) is 5.82 Å². The Bertz CT molecular complexity index is 1530. The molecule has 0 spiro atoms. The van der Waals surface area contributed by atoms with E-state index in [1.807, 2.05) is 72.6 Å². The topological polar surface area (TPSA) is 147 Å². The molecule has 0 aliphatic carbocycles. The number of benzene rings is 2. The fourth-order valence-electron chi connectivity index (χ4n) is 5.04. The van der Waals surface area contributed by atoms with Crippen molar-refractivity contribution in [3.05, 3.63) is 84.3 Å². The Kier molecular flexibility index (Phi) is 12.0. The number of amides is 4. The average molecular weight is 662 g/mol. The number of alkyl carbamates (subject to hydrolysis) is 1. The minimum Gasteiger partial charge on any atom is -0.444 e. The summed E-state index contributed by atoms with van der Waals surface area (Å²) >= 11 is 0. The van der Waals surface area contributed by atoms with Gasteiger partial charge in [-0.1, -0.05) is 60.7 Å². The van der Waals surface area contributed by atoms with Crippen LogP contribution in [0.4, 0.5) is 10.6 Å². The summed E-state index contributed by atoms with van der Waals surface area (Å²) in [6.45, 7) is 11.0. The Morgan fingerprint density at radius 3 is 2.15 bits per heavy atom. The Morgan fingerprint density at radius 1 is 0.896 bits per heavy atom. The third-order valence-corrected chi connectivity index (χ3v) is 7.71. The molecule has 1 aromatic heterocycles. The Labute approximate surface area is 282 Å². The molecular formula is C35H47N7O6. The summed E-state index contributed by atoms with van der Waals surface area (Å²) in [6, 6.07) is 17.0. The lowest BCUT2D eigenvalue weighted by Crippen LogP contribution is -2.59. The lowest BCUT2D eigenvalue weighted by Gasteiger charge is -2.35. The van der Waals surface area contributed by atoms with E-state index in [1.165, 1.54) is 20.2 Å². The van der Waals surface area contributed by atoms with Gasteiger partial charge in [-0.2, -0.15) is 0 Å². The Balaban J connectivity index is 1.50. The molecule has 258 valence electrons. The predicted molar refractivity (Wildman–Crippen MR) is 181 cm³/mol. The van der Waals surface area contributed by atoms with Gasteiger partial charge in [-0.25, -0.2) is 9.78 Å². The number of ether oxygens (including phenoxy) is 2. The van der Waals surface area contributed by atoms with Crippen molar-refractivity contribution in [3.63, 3.8) is 0 Å². The molecule has 1 saturated heterocycles. The summed E-state index contributed by atoms with van der Waals surface area (Å²) in [5.41, 5.74) is -0.502. The van der Waals surface area contributed by atoms with Crippen molar-refractivity contribution in [1.82, 2.24) is 30.0 Å².